The largest absolute Gasteiger partial charge is 0.380 e. The van der Waals surface area contributed by atoms with Gasteiger partial charge in [0, 0.05) is 43.8 Å². The Morgan fingerprint density at radius 1 is 1.22 bits per heavy atom. The molecule has 0 aliphatic rings. The van der Waals surface area contributed by atoms with Gasteiger partial charge in [0.15, 0.2) is 5.96 Å². The number of fused-ring (bicyclic) bond motifs is 1. The van der Waals surface area contributed by atoms with Gasteiger partial charge in [0.2, 0.25) is 0 Å². The zero-order chi connectivity index (χ0) is 15.6. The fourth-order valence-electron chi connectivity index (χ4n) is 2.43. The molecule has 0 bridgehead atoms. The van der Waals surface area contributed by atoms with Crippen molar-refractivity contribution in [3.05, 3.63) is 36.0 Å². The van der Waals surface area contributed by atoms with Crippen LogP contribution in [0, 0.1) is 0 Å². The molecule has 0 aliphatic heterocycles. The highest BCUT2D eigenvalue weighted by Crippen LogP contribution is 2.18. The topological polar surface area (TPSA) is 61.4 Å². The summed E-state index contributed by atoms with van der Waals surface area (Å²) in [5.41, 5.74) is 2.58. The Hall–Kier alpha value is -1.28. The molecule has 0 fully saturated rings. The number of aliphatic imine (C=N–C) groups is 1. The first-order chi connectivity index (χ1) is 10.8. The minimum atomic E-state index is 0. The number of benzene rings is 1. The monoisotopic (exact) mass is 430 g/mol. The summed E-state index contributed by atoms with van der Waals surface area (Å²) in [4.78, 5) is 7.52. The fourth-order valence-corrected chi connectivity index (χ4v) is 2.43. The van der Waals surface area contributed by atoms with Crippen molar-refractivity contribution in [2.75, 3.05) is 33.4 Å². The molecule has 2 aromatic rings. The predicted molar refractivity (Wildman–Crippen MR) is 108 cm³/mol. The molecule has 0 aliphatic carbocycles. The second kappa shape index (κ2) is 11.3. The van der Waals surface area contributed by atoms with E-state index in [4.69, 9.17) is 4.74 Å². The summed E-state index contributed by atoms with van der Waals surface area (Å²) in [5, 5.41) is 7.89. The van der Waals surface area contributed by atoms with Crippen molar-refractivity contribution in [1.82, 2.24) is 15.6 Å². The Labute approximate surface area is 155 Å². The highest BCUT2D eigenvalue weighted by atomic mass is 127. The molecule has 6 heteroatoms. The van der Waals surface area contributed by atoms with Gasteiger partial charge in [-0.1, -0.05) is 18.2 Å². The molecule has 5 nitrogen and oxygen atoms in total. The Kier molecular flexibility index (Phi) is 9.70. The molecule has 128 valence electrons. The number of halogens is 1. The number of guanidine groups is 1. The van der Waals surface area contributed by atoms with Crippen LogP contribution in [-0.2, 0) is 11.2 Å². The molecule has 0 saturated heterocycles. The quantitative estimate of drug-likeness (QED) is 0.261. The van der Waals surface area contributed by atoms with Gasteiger partial charge in [-0.2, -0.15) is 0 Å². The van der Waals surface area contributed by atoms with Crippen LogP contribution in [0.4, 0.5) is 0 Å². The van der Waals surface area contributed by atoms with Gasteiger partial charge in [-0.05, 0) is 31.4 Å². The van der Waals surface area contributed by atoms with E-state index < -0.39 is 0 Å². The lowest BCUT2D eigenvalue weighted by Gasteiger charge is -2.11. The third-order valence-electron chi connectivity index (χ3n) is 3.56. The van der Waals surface area contributed by atoms with Gasteiger partial charge in [-0.15, -0.1) is 24.0 Å². The van der Waals surface area contributed by atoms with Crippen LogP contribution in [0.5, 0.6) is 0 Å². The molecule has 1 aromatic heterocycles. The van der Waals surface area contributed by atoms with Gasteiger partial charge in [0.25, 0.3) is 0 Å². The Bertz CT molecular complexity index is 597. The van der Waals surface area contributed by atoms with Crippen LogP contribution in [0.2, 0.25) is 0 Å². The van der Waals surface area contributed by atoms with Gasteiger partial charge in [0.1, 0.15) is 0 Å². The second-order valence-electron chi connectivity index (χ2n) is 5.09. The van der Waals surface area contributed by atoms with Crippen LogP contribution >= 0.6 is 24.0 Å². The van der Waals surface area contributed by atoms with Crippen LogP contribution in [0.3, 0.4) is 0 Å². The number of aromatic nitrogens is 1. The van der Waals surface area contributed by atoms with Gasteiger partial charge >= 0.3 is 0 Å². The summed E-state index contributed by atoms with van der Waals surface area (Å²) < 4.78 is 5.30. The van der Waals surface area contributed by atoms with Gasteiger partial charge < -0.3 is 20.4 Å². The number of nitrogens with one attached hydrogen (secondary N) is 3. The third kappa shape index (κ3) is 6.39. The molecule has 1 heterocycles. The summed E-state index contributed by atoms with van der Waals surface area (Å²) >= 11 is 0. The zero-order valence-corrected chi connectivity index (χ0v) is 16.2. The van der Waals surface area contributed by atoms with Crippen molar-refractivity contribution < 1.29 is 4.74 Å². The van der Waals surface area contributed by atoms with E-state index in [1.54, 1.807) is 7.05 Å². The molecule has 3 N–H and O–H groups in total. The second-order valence-corrected chi connectivity index (χ2v) is 5.09. The molecule has 1 aromatic carbocycles. The van der Waals surface area contributed by atoms with E-state index in [0.717, 1.165) is 38.5 Å². The number of nitrogens with zero attached hydrogens (tertiary/aromatic N) is 1. The van der Waals surface area contributed by atoms with Crippen molar-refractivity contribution in [3.8, 4) is 0 Å². The van der Waals surface area contributed by atoms with Gasteiger partial charge in [-0.25, -0.2) is 0 Å². The van der Waals surface area contributed by atoms with Gasteiger partial charge in [0.05, 0.1) is 6.61 Å². The minimum Gasteiger partial charge on any atom is -0.380 e. The number of H-pyrrole nitrogens is 1. The highest BCUT2D eigenvalue weighted by molar-refractivity contribution is 14.0. The Balaban J connectivity index is 0.00000264. The van der Waals surface area contributed by atoms with Crippen LogP contribution in [0.1, 0.15) is 18.9 Å². The van der Waals surface area contributed by atoms with Crippen LogP contribution in [-0.4, -0.2) is 44.3 Å². The van der Waals surface area contributed by atoms with E-state index in [9.17, 15) is 0 Å². The summed E-state index contributed by atoms with van der Waals surface area (Å²) in [5.74, 6) is 0.832. The molecule has 0 unspecified atom stereocenters. The molecule has 0 amide bonds. The van der Waals surface area contributed by atoms with E-state index in [1.807, 2.05) is 6.92 Å². The maximum atomic E-state index is 5.30. The first-order valence-electron chi connectivity index (χ1n) is 7.92. The molecule has 0 atom stereocenters. The van der Waals surface area contributed by atoms with Crippen molar-refractivity contribution >= 4 is 40.8 Å². The normalized spacial score (nSPS) is 11.3. The van der Waals surface area contributed by atoms with E-state index in [1.165, 1.54) is 16.5 Å². The Morgan fingerprint density at radius 3 is 2.78 bits per heavy atom. The number of aryl methyl sites for hydroxylation is 1. The van der Waals surface area contributed by atoms with Crippen LogP contribution in [0.25, 0.3) is 10.9 Å². The summed E-state index contributed by atoms with van der Waals surface area (Å²) in [6.45, 7) is 5.12. The molecular formula is C17H27IN4O. The first-order valence-corrected chi connectivity index (χ1v) is 7.92. The predicted octanol–water partition coefficient (Wildman–Crippen LogP) is 2.92. The average molecular weight is 430 g/mol. The van der Waals surface area contributed by atoms with Crippen LogP contribution in [0.15, 0.2) is 35.5 Å². The fraction of sp³-hybridized carbons (Fsp3) is 0.471. The van der Waals surface area contributed by atoms with E-state index in [0.29, 0.717) is 6.61 Å². The summed E-state index contributed by atoms with van der Waals surface area (Å²) in [7, 11) is 1.79. The number of hydrogen-bond donors (Lipinski definition) is 3. The summed E-state index contributed by atoms with van der Waals surface area (Å²) in [6, 6.07) is 8.42. The van der Waals surface area contributed by atoms with Crippen molar-refractivity contribution in [2.24, 2.45) is 4.99 Å². The number of para-hydroxylation sites is 1. The number of ether oxygens (including phenoxy) is 1. The van der Waals surface area contributed by atoms with Gasteiger partial charge in [-0.3, -0.25) is 4.99 Å². The maximum absolute atomic E-state index is 5.30. The number of aromatic amines is 1. The lowest BCUT2D eigenvalue weighted by Crippen LogP contribution is -2.39. The standard InChI is InChI=1S/C17H26N4O.HI/c1-3-22-12-11-20-17(18-2)19-10-6-7-14-13-21-16-9-5-4-8-15(14)16;/h4-5,8-9,13,21H,3,6-7,10-12H2,1-2H3,(H2,18,19,20);1H. The lowest BCUT2D eigenvalue weighted by molar-refractivity contribution is 0.152. The van der Waals surface area contributed by atoms with E-state index >= 15 is 0 Å². The summed E-state index contributed by atoms with van der Waals surface area (Å²) in [6.07, 6.45) is 4.22. The maximum Gasteiger partial charge on any atom is 0.191 e. The Morgan fingerprint density at radius 2 is 2.00 bits per heavy atom. The average Bonchev–Trinajstić information content (AvgIpc) is 2.97. The molecule has 23 heavy (non-hydrogen) atoms. The molecular weight excluding hydrogens is 403 g/mol. The number of rotatable bonds is 8. The third-order valence-corrected chi connectivity index (χ3v) is 3.56. The van der Waals surface area contributed by atoms with Crippen LogP contribution < -0.4 is 10.6 Å². The highest BCUT2D eigenvalue weighted by Gasteiger charge is 2.02. The first kappa shape index (κ1) is 19.8. The number of hydrogen-bond acceptors (Lipinski definition) is 2. The van der Waals surface area contributed by atoms with Crippen molar-refractivity contribution in [3.63, 3.8) is 0 Å². The molecule has 0 spiro atoms. The zero-order valence-electron chi connectivity index (χ0n) is 13.9. The SMILES string of the molecule is CCOCCNC(=NC)NCCCc1c[nH]c2ccccc12.I. The van der Waals surface area contributed by atoms with Crippen molar-refractivity contribution in [1.29, 1.82) is 0 Å². The smallest absolute Gasteiger partial charge is 0.191 e. The molecule has 0 radical (unpaired) electrons. The lowest BCUT2D eigenvalue weighted by atomic mass is 10.1. The van der Waals surface area contributed by atoms with E-state index in [2.05, 4.69) is 51.1 Å². The molecule has 2 rings (SSSR count). The van der Waals surface area contributed by atoms with E-state index in [-0.39, 0.29) is 24.0 Å². The molecule has 0 saturated carbocycles. The minimum absolute atomic E-state index is 0. The van der Waals surface area contributed by atoms with Crippen molar-refractivity contribution in [2.45, 2.75) is 19.8 Å².